The Kier molecular flexibility index (Phi) is 4.77. The summed E-state index contributed by atoms with van der Waals surface area (Å²) in [6.07, 6.45) is 6.36. The molecule has 1 saturated carbocycles. The Morgan fingerprint density at radius 2 is 2.21 bits per heavy atom. The lowest BCUT2D eigenvalue weighted by Crippen LogP contribution is -2.24. The molecule has 1 aliphatic carbocycles. The van der Waals surface area contributed by atoms with E-state index in [-0.39, 0.29) is 5.91 Å². The Morgan fingerprint density at radius 1 is 1.37 bits per heavy atom. The normalized spacial score (nSPS) is 20.9. The minimum absolute atomic E-state index is 0.0452. The summed E-state index contributed by atoms with van der Waals surface area (Å²) < 4.78 is 0. The van der Waals surface area contributed by atoms with Gasteiger partial charge in [0.25, 0.3) is 5.91 Å². The number of pyridine rings is 1. The second-order valence-electron chi connectivity index (χ2n) is 5.22. The third kappa shape index (κ3) is 3.94. The summed E-state index contributed by atoms with van der Waals surface area (Å²) in [6, 6.07) is 4.30. The Morgan fingerprint density at radius 3 is 2.84 bits per heavy atom. The first-order valence-corrected chi connectivity index (χ1v) is 7.25. The van der Waals surface area contributed by atoms with Gasteiger partial charge in [-0.25, -0.2) is 4.98 Å². The molecule has 0 aliphatic heterocycles. The van der Waals surface area contributed by atoms with Gasteiger partial charge in [0.15, 0.2) is 0 Å². The van der Waals surface area contributed by atoms with Crippen LogP contribution in [-0.4, -0.2) is 23.5 Å². The zero-order chi connectivity index (χ0) is 13.7. The largest absolute Gasteiger partial charge is 0.367 e. The highest BCUT2D eigenvalue weighted by Crippen LogP contribution is 2.36. The van der Waals surface area contributed by atoms with E-state index in [1.165, 1.54) is 19.3 Å². The number of aromatic nitrogens is 1. The van der Waals surface area contributed by atoms with Gasteiger partial charge in [-0.1, -0.05) is 20.3 Å². The summed E-state index contributed by atoms with van der Waals surface area (Å²) >= 11 is 0. The number of rotatable bonds is 7. The van der Waals surface area contributed by atoms with Gasteiger partial charge in [-0.05, 0) is 37.3 Å². The maximum absolute atomic E-state index is 11.7. The van der Waals surface area contributed by atoms with Crippen molar-refractivity contribution in [3.63, 3.8) is 0 Å². The molecule has 2 rings (SSSR count). The van der Waals surface area contributed by atoms with Crippen molar-refractivity contribution in [2.24, 2.45) is 5.92 Å². The van der Waals surface area contributed by atoms with Gasteiger partial charge < -0.3 is 10.6 Å². The topological polar surface area (TPSA) is 54.0 Å². The number of amides is 1. The molecule has 104 valence electrons. The van der Waals surface area contributed by atoms with Crippen molar-refractivity contribution >= 4 is 11.7 Å². The van der Waals surface area contributed by atoms with Crippen molar-refractivity contribution in [3.8, 4) is 0 Å². The highest BCUT2D eigenvalue weighted by atomic mass is 16.1. The molecule has 0 spiro atoms. The van der Waals surface area contributed by atoms with Crippen LogP contribution in [0.15, 0.2) is 18.3 Å². The van der Waals surface area contributed by atoms with E-state index in [4.69, 9.17) is 0 Å². The van der Waals surface area contributed by atoms with Crippen molar-refractivity contribution < 1.29 is 4.79 Å². The first kappa shape index (κ1) is 13.8. The van der Waals surface area contributed by atoms with Gasteiger partial charge in [0.05, 0.1) is 5.56 Å². The standard InChI is InChI=1S/C15H23N3O/c1-3-5-11-9-13(11)18-14-7-6-12(10-17-14)15(19)16-8-4-2/h6-7,10-11,13H,3-5,8-9H2,1-2H3,(H,16,19)(H,17,18). The molecule has 1 amide bonds. The van der Waals surface area contributed by atoms with Crippen molar-refractivity contribution in [1.82, 2.24) is 10.3 Å². The second kappa shape index (κ2) is 6.55. The summed E-state index contributed by atoms with van der Waals surface area (Å²) in [5.74, 6) is 1.63. The second-order valence-corrected chi connectivity index (χ2v) is 5.22. The van der Waals surface area contributed by atoms with Crippen LogP contribution in [0.3, 0.4) is 0 Å². The lowest BCUT2D eigenvalue weighted by atomic mass is 10.2. The third-order valence-corrected chi connectivity index (χ3v) is 3.48. The van der Waals surface area contributed by atoms with Crippen LogP contribution in [-0.2, 0) is 0 Å². The highest BCUT2D eigenvalue weighted by molar-refractivity contribution is 5.94. The van der Waals surface area contributed by atoms with Gasteiger partial charge in [-0.15, -0.1) is 0 Å². The average molecular weight is 261 g/mol. The molecule has 4 nitrogen and oxygen atoms in total. The van der Waals surface area contributed by atoms with Gasteiger partial charge >= 0.3 is 0 Å². The Hall–Kier alpha value is -1.58. The van der Waals surface area contributed by atoms with Gasteiger partial charge in [-0.2, -0.15) is 0 Å². The fourth-order valence-electron chi connectivity index (χ4n) is 2.26. The molecule has 0 aromatic carbocycles. The highest BCUT2D eigenvalue weighted by Gasteiger charge is 2.35. The minimum Gasteiger partial charge on any atom is -0.367 e. The van der Waals surface area contributed by atoms with E-state index in [2.05, 4.69) is 22.5 Å². The van der Waals surface area contributed by atoms with Crippen LogP contribution in [0.4, 0.5) is 5.82 Å². The van der Waals surface area contributed by atoms with Crippen molar-refractivity contribution in [3.05, 3.63) is 23.9 Å². The molecule has 2 N–H and O–H groups in total. The molecule has 0 bridgehead atoms. The van der Waals surface area contributed by atoms with E-state index in [1.807, 2.05) is 19.1 Å². The van der Waals surface area contributed by atoms with Crippen LogP contribution in [0.5, 0.6) is 0 Å². The summed E-state index contributed by atoms with van der Waals surface area (Å²) in [5.41, 5.74) is 0.625. The van der Waals surface area contributed by atoms with E-state index in [9.17, 15) is 4.79 Å². The number of nitrogens with zero attached hydrogens (tertiary/aromatic N) is 1. The lowest BCUT2D eigenvalue weighted by molar-refractivity contribution is 0.0953. The Balaban J connectivity index is 1.83. The van der Waals surface area contributed by atoms with Crippen molar-refractivity contribution in [2.45, 2.75) is 45.6 Å². The first-order valence-electron chi connectivity index (χ1n) is 7.25. The van der Waals surface area contributed by atoms with E-state index in [1.54, 1.807) is 6.20 Å². The van der Waals surface area contributed by atoms with E-state index < -0.39 is 0 Å². The third-order valence-electron chi connectivity index (χ3n) is 3.48. The Bertz CT molecular complexity index is 416. The zero-order valence-electron chi connectivity index (χ0n) is 11.8. The Labute approximate surface area is 115 Å². The fourth-order valence-corrected chi connectivity index (χ4v) is 2.26. The summed E-state index contributed by atoms with van der Waals surface area (Å²) in [5, 5.41) is 6.26. The van der Waals surface area contributed by atoms with Gasteiger partial charge in [0.1, 0.15) is 5.82 Å². The summed E-state index contributed by atoms with van der Waals surface area (Å²) in [6.45, 7) is 4.96. The SMILES string of the molecule is CCCNC(=O)c1ccc(NC2CC2CCC)nc1. The molecule has 2 atom stereocenters. The molecule has 4 heteroatoms. The van der Waals surface area contributed by atoms with E-state index in [0.717, 1.165) is 18.2 Å². The van der Waals surface area contributed by atoms with Gasteiger partial charge in [-0.3, -0.25) is 4.79 Å². The molecule has 1 aromatic heterocycles. The van der Waals surface area contributed by atoms with Crippen LogP contribution in [0.1, 0.15) is 49.9 Å². The van der Waals surface area contributed by atoms with Crippen molar-refractivity contribution in [2.75, 3.05) is 11.9 Å². The smallest absolute Gasteiger partial charge is 0.252 e. The number of nitrogens with one attached hydrogen (secondary N) is 2. The van der Waals surface area contributed by atoms with Crippen LogP contribution >= 0.6 is 0 Å². The fraction of sp³-hybridized carbons (Fsp3) is 0.600. The number of hydrogen-bond donors (Lipinski definition) is 2. The molecule has 0 saturated heterocycles. The average Bonchev–Trinajstić information content (AvgIpc) is 3.15. The molecule has 1 fully saturated rings. The first-order chi connectivity index (χ1) is 9.24. The molecule has 1 aliphatic rings. The van der Waals surface area contributed by atoms with Crippen LogP contribution in [0.2, 0.25) is 0 Å². The van der Waals surface area contributed by atoms with Crippen molar-refractivity contribution in [1.29, 1.82) is 0 Å². The number of hydrogen-bond acceptors (Lipinski definition) is 3. The number of carbonyl (C=O) groups is 1. The molecule has 1 heterocycles. The van der Waals surface area contributed by atoms with E-state index in [0.29, 0.717) is 18.2 Å². The maximum Gasteiger partial charge on any atom is 0.252 e. The minimum atomic E-state index is -0.0452. The monoisotopic (exact) mass is 261 g/mol. The van der Waals surface area contributed by atoms with Crippen LogP contribution in [0.25, 0.3) is 0 Å². The van der Waals surface area contributed by atoms with E-state index >= 15 is 0 Å². The molecular formula is C15H23N3O. The van der Waals surface area contributed by atoms with Gasteiger partial charge in [0.2, 0.25) is 0 Å². The number of carbonyl (C=O) groups excluding carboxylic acids is 1. The number of anilines is 1. The summed E-state index contributed by atoms with van der Waals surface area (Å²) in [7, 11) is 0. The molecule has 1 aromatic rings. The molecule has 0 radical (unpaired) electrons. The molecule has 19 heavy (non-hydrogen) atoms. The molecular weight excluding hydrogens is 238 g/mol. The zero-order valence-corrected chi connectivity index (χ0v) is 11.8. The van der Waals surface area contributed by atoms with Crippen LogP contribution < -0.4 is 10.6 Å². The van der Waals surface area contributed by atoms with Gasteiger partial charge in [0, 0.05) is 18.8 Å². The maximum atomic E-state index is 11.7. The molecule has 2 unspecified atom stereocenters. The quantitative estimate of drug-likeness (QED) is 0.793. The summed E-state index contributed by atoms with van der Waals surface area (Å²) in [4.78, 5) is 16.0. The predicted molar refractivity (Wildman–Crippen MR) is 77.3 cm³/mol. The predicted octanol–water partition coefficient (Wildman–Crippen LogP) is 2.82. The lowest BCUT2D eigenvalue weighted by Gasteiger charge is -2.06. The van der Waals surface area contributed by atoms with Crippen LogP contribution in [0, 0.1) is 5.92 Å².